The van der Waals surface area contributed by atoms with Gasteiger partial charge in [-0.15, -0.1) is 0 Å². The number of aliphatic hydroxyl groups excluding tert-OH is 1. The van der Waals surface area contributed by atoms with Gasteiger partial charge in [0.15, 0.2) is 23.7 Å². The fourth-order valence-corrected chi connectivity index (χ4v) is 6.83. The van der Waals surface area contributed by atoms with Gasteiger partial charge in [0.2, 0.25) is 5.91 Å². The first kappa shape index (κ1) is 27.9. The molecule has 0 aromatic heterocycles. The Bertz CT molecular complexity index is 1290. The third-order valence-electron chi connectivity index (χ3n) is 8.69. The molecule has 4 aliphatic rings. The van der Waals surface area contributed by atoms with Crippen LogP contribution in [-0.4, -0.2) is 76.2 Å². The van der Waals surface area contributed by atoms with Crippen molar-refractivity contribution in [3.8, 4) is 11.5 Å². The molecular weight excluding hydrogens is 526 g/mol. The number of esters is 2. The smallest absolute Gasteiger partial charge is 0.352 e. The number of aliphatic hydroxyl groups is 2. The standard InChI is InChI=1S/C28H33NO11/c1-13(30)24(32)29-17(25(33)34)12-20(31)38-14(2)26(35)39-19-8-10-28(36)16-5-4-9-27(28)21-15(11-16)6-7-18(37-3)22(21)40-23(19)27/h6-8,13-14,16-17,23,30,36H,4-5,9-12H2,1-3H3,(H,29,32)(H,33,34)/t13-,14-,16-,17-,23+,27+,28-/m0/s1. The Balaban J connectivity index is 1.33. The number of ether oxygens (including phenoxy) is 4. The number of hydrogen-bond acceptors (Lipinski definition) is 10. The molecule has 1 saturated carbocycles. The third kappa shape index (κ3) is 4.21. The van der Waals surface area contributed by atoms with Crippen LogP contribution in [0.15, 0.2) is 24.0 Å². The number of benzene rings is 1. The van der Waals surface area contributed by atoms with Gasteiger partial charge in [-0.3, -0.25) is 9.59 Å². The van der Waals surface area contributed by atoms with E-state index < -0.39 is 65.6 Å². The Labute approximate surface area is 230 Å². The minimum atomic E-state index is -1.66. The van der Waals surface area contributed by atoms with E-state index in [-0.39, 0.29) is 18.1 Å². The molecule has 3 aliphatic carbocycles. The molecule has 0 unspecified atom stereocenters. The molecule has 1 amide bonds. The number of methoxy groups -OCH3 is 1. The van der Waals surface area contributed by atoms with Crippen molar-refractivity contribution < 1.29 is 53.4 Å². The lowest BCUT2D eigenvalue weighted by atomic mass is 9.47. The first-order chi connectivity index (χ1) is 18.9. The summed E-state index contributed by atoms with van der Waals surface area (Å²) in [6.07, 6.45) is 0.553. The van der Waals surface area contributed by atoms with Crippen LogP contribution in [0.4, 0.5) is 0 Å². The van der Waals surface area contributed by atoms with Crippen LogP contribution in [0.25, 0.3) is 0 Å². The van der Waals surface area contributed by atoms with Gasteiger partial charge in [0, 0.05) is 5.56 Å². The molecule has 1 aliphatic heterocycles. The Morgan fingerprint density at radius 3 is 2.65 bits per heavy atom. The highest BCUT2D eigenvalue weighted by Gasteiger charge is 2.71. The fourth-order valence-electron chi connectivity index (χ4n) is 6.83. The lowest BCUT2D eigenvalue weighted by Gasteiger charge is -2.59. The quantitative estimate of drug-likeness (QED) is 0.316. The van der Waals surface area contributed by atoms with Gasteiger partial charge in [-0.2, -0.15) is 0 Å². The zero-order chi connectivity index (χ0) is 29.0. The van der Waals surface area contributed by atoms with Gasteiger partial charge < -0.3 is 39.6 Å². The molecule has 1 aromatic rings. The fraction of sp³-hybridized carbons (Fsp3) is 0.571. The zero-order valence-corrected chi connectivity index (χ0v) is 22.5. The zero-order valence-electron chi connectivity index (χ0n) is 22.5. The number of carbonyl (C=O) groups excluding carboxylic acids is 3. The molecule has 216 valence electrons. The number of aliphatic carboxylic acids is 1. The number of carbonyl (C=O) groups is 4. The predicted molar refractivity (Wildman–Crippen MR) is 135 cm³/mol. The lowest BCUT2D eigenvalue weighted by Crippen LogP contribution is -2.67. The average molecular weight is 560 g/mol. The molecule has 1 fully saturated rings. The maximum absolute atomic E-state index is 13.0. The van der Waals surface area contributed by atoms with Crippen LogP contribution < -0.4 is 14.8 Å². The van der Waals surface area contributed by atoms with Gasteiger partial charge in [0.1, 0.15) is 17.9 Å². The van der Waals surface area contributed by atoms with Gasteiger partial charge in [-0.25, -0.2) is 9.59 Å². The minimum Gasteiger partial charge on any atom is -0.493 e. The second-order valence-corrected chi connectivity index (χ2v) is 11.0. The third-order valence-corrected chi connectivity index (χ3v) is 8.69. The molecule has 1 spiro atoms. The maximum Gasteiger partial charge on any atom is 0.352 e. The number of carboxylic acid groups (broad SMARTS) is 1. The van der Waals surface area contributed by atoms with Crippen LogP contribution in [-0.2, 0) is 40.5 Å². The molecule has 4 N–H and O–H groups in total. The van der Waals surface area contributed by atoms with Gasteiger partial charge in [0.25, 0.3) is 0 Å². The molecule has 1 heterocycles. The highest BCUT2D eigenvalue weighted by molar-refractivity contribution is 5.89. The van der Waals surface area contributed by atoms with E-state index in [9.17, 15) is 34.5 Å². The van der Waals surface area contributed by atoms with Crippen molar-refractivity contribution in [2.45, 2.75) is 87.7 Å². The molecule has 40 heavy (non-hydrogen) atoms. The van der Waals surface area contributed by atoms with Gasteiger partial charge in [0.05, 0.1) is 24.5 Å². The second-order valence-electron chi connectivity index (χ2n) is 11.0. The topological polar surface area (TPSA) is 178 Å². The summed E-state index contributed by atoms with van der Waals surface area (Å²) in [4.78, 5) is 48.5. The number of nitrogens with one attached hydrogen (secondary N) is 1. The Morgan fingerprint density at radius 2 is 1.98 bits per heavy atom. The molecule has 5 rings (SSSR count). The predicted octanol–water partition coefficient (Wildman–Crippen LogP) is 0.884. The van der Waals surface area contributed by atoms with Crippen molar-refractivity contribution in [2.24, 2.45) is 5.92 Å². The first-order valence-electron chi connectivity index (χ1n) is 13.3. The van der Waals surface area contributed by atoms with Crippen LogP contribution in [0, 0.1) is 5.92 Å². The van der Waals surface area contributed by atoms with Crippen molar-refractivity contribution in [2.75, 3.05) is 7.11 Å². The van der Waals surface area contributed by atoms with E-state index in [0.717, 1.165) is 30.9 Å². The van der Waals surface area contributed by atoms with Crippen LogP contribution in [0.3, 0.4) is 0 Å². The Kier molecular flexibility index (Phi) is 7.03. The minimum absolute atomic E-state index is 0.0177. The van der Waals surface area contributed by atoms with E-state index in [1.165, 1.54) is 14.0 Å². The highest BCUT2D eigenvalue weighted by Crippen LogP contribution is 2.67. The molecule has 12 heteroatoms. The molecule has 7 atom stereocenters. The monoisotopic (exact) mass is 559 g/mol. The Morgan fingerprint density at radius 1 is 1.23 bits per heavy atom. The van der Waals surface area contributed by atoms with Crippen LogP contribution in [0.2, 0.25) is 0 Å². The van der Waals surface area contributed by atoms with E-state index in [0.29, 0.717) is 24.3 Å². The summed E-state index contributed by atoms with van der Waals surface area (Å²) in [5.41, 5.74) is 0.0688. The molecule has 2 bridgehead atoms. The molecule has 0 radical (unpaired) electrons. The highest BCUT2D eigenvalue weighted by atomic mass is 16.6. The summed E-state index contributed by atoms with van der Waals surface area (Å²) in [5, 5.41) is 32.7. The average Bonchev–Trinajstić information content (AvgIpc) is 3.24. The summed E-state index contributed by atoms with van der Waals surface area (Å²) >= 11 is 0. The second kappa shape index (κ2) is 10.1. The van der Waals surface area contributed by atoms with E-state index >= 15 is 0 Å². The molecule has 12 nitrogen and oxygen atoms in total. The molecular formula is C28H33NO11. The summed E-state index contributed by atoms with van der Waals surface area (Å²) in [6, 6.07) is 2.19. The van der Waals surface area contributed by atoms with Gasteiger partial charge in [-0.05, 0) is 63.2 Å². The van der Waals surface area contributed by atoms with E-state index in [1.54, 1.807) is 6.08 Å². The summed E-state index contributed by atoms with van der Waals surface area (Å²) in [5.74, 6) is -3.16. The Hall–Kier alpha value is -3.64. The van der Waals surface area contributed by atoms with Crippen molar-refractivity contribution in [3.05, 3.63) is 35.1 Å². The van der Waals surface area contributed by atoms with E-state index in [4.69, 9.17) is 18.9 Å². The maximum atomic E-state index is 13.0. The molecule has 1 aromatic carbocycles. The number of rotatable bonds is 9. The number of hydrogen-bond donors (Lipinski definition) is 4. The summed E-state index contributed by atoms with van der Waals surface area (Å²) < 4.78 is 22.8. The summed E-state index contributed by atoms with van der Waals surface area (Å²) in [6.45, 7) is 2.43. The number of carboxylic acids is 1. The van der Waals surface area contributed by atoms with Crippen molar-refractivity contribution in [3.63, 3.8) is 0 Å². The van der Waals surface area contributed by atoms with Crippen LogP contribution in [0.1, 0.15) is 57.1 Å². The van der Waals surface area contributed by atoms with Crippen molar-refractivity contribution >= 4 is 23.8 Å². The largest absolute Gasteiger partial charge is 0.493 e. The lowest BCUT2D eigenvalue weighted by molar-refractivity contribution is -0.171. The van der Waals surface area contributed by atoms with E-state index in [1.807, 2.05) is 17.4 Å². The SMILES string of the molecule is COc1ccc2c3c1O[C@@H]1C(OC(=O)[C@H](C)OC(=O)C[C@H](NC(=O)[C@H](C)O)C(=O)O)=CC[C@]4(O)[C@@H](CCC[C@@]314)C2. The van der Waals surface area contributed by atoms with Crippen LogP contribution >= 0.6 is 0 Å². The van der Waals surface area contributed by atoms with Crippen molar-refractivity contribution in [1.29, 1.82) is 0 Å². The normalized spacial score (nSPS) is 29.5. The van der Waals surface area contributed by atoms with Crippen LogP contribution in [0.5, 0.6) is 11.5 Å². The van der Waals surface area contributed by atoms with Crippen molar-refractivity contribution in [1.82, 2.24) is 5.32 Å². The van der Waals surface area contributed by atoms with Gasteiger partial charge >= 0.3 is 17.9 Å². The van der Waals surface area contributed by atoms with E-state index in [2.05, 4.69) is 0 Å². The first-order valence-corrected chi connectivity index (χ1v) is 13.3. The molecule has 0 saturated heterocycles. The number of amides is 1. The summed E-state index contributed by atoms with van der Waals surface area (Å²) in [7, 11) is 1.54. The van der Waals surface area contributed by atoms with Gasteiger partial charge in [-0.1, -0.05) is 12.5 Å².